The third-order valence-electron chi connectivity index (χ3n) is 3.52. The summed E-state index contributed by atoms with van der Waals surface area (Å²) in [4.78, 5) is 0.226. The molecule has 2 rings (SSSR count). The molecule has 102 valence electrons. The Morgan fingerprint density at radius 3 is 2.84 bits per heavy atom. The van der Waals surface area contributed by atoms with Gasteiger partial charge in [0.1, 0.15) is 0 Å². The maximum absolute atomic E-state index is 12.6. The van der Waals surface area contributed by atoms with Crippen LogP contribution in [0.3, 0.4) is 0 Å². The Morgan fingerprint density at radius 1 is 1.53 bits per heavy atom. The standard InChI is InChI=1S/C13H17N3O2S/c1-10-2-3-11(7-14)6-13(10)19(17,18)16-5-4-12(8-15)9-16/h2-3,6,12H,4-5,8-9,15H2,1H3/t12-/m0/s1. The summed E-state index contributed by atoms with van der Waals surface area (Å²) >= 11 is 0. The second-order valence-electron chi connectivity index (χ2n) is 4.85. The Kier molecular flexibility index (Phi) is 3.90. The molecule has 2 N–H and O–H groups in total. The Hall–Kier alpha value is -1.42. The van der Waals surface area contributed by atoms with Gasteiger partial charge in [-0.3, -0.25) is 0 Å². The first-order chi connectivity index (χ1) is 8.98. The zero-order valence-corrected chi connectivity index (χ0v) is 11.7. The summed E-state index contributed by atoms with van der Waals surface area (Å²) < 4.78 is 26.6. The molecule has 1 heterocycles. The molecule has 5 nitrogen and oxygen atoms in total. The maximum Gasteiger partial charge on any atom is 0.243 e. The van der Waals surface area contributed by atoms with Gasteiger partial charge in [0, 0.05) is 13.1 Å². The zero-order valence-electron chi connectivity index (χ0n) is 10.8. The fraction of sp³-hybridized carbons (Fsp3) is 0.462. The van der Waals surface area contributed by atoms with E-state index in [1.54, 1.807) is 19.1 Å². The van der Waals surface area contributed by atoms with Gasteiger partial charge in [0.25, 0.3) is 0 Å². The van der Waals surface area contributed by atoms with Crippen LogP contribution in [-0.2, 0) is 10.0 Å². The average Bonchev–Trinajstić information content (AvgIpc) is 2.88. The number of nitriles is 1. The molecule has 0 unspecified atom stereocenters. The fourth-order valence-electron chi connectivity index (χ4n) is 2.29. The second-order valence-corrected chi connectivity index (χ2v) is 6.75. The van der Waals surface area contributed by atoms with Crippen molar-refractivity contribution in [2.75, 3.05) is 19.6 Å². The normalized spacial score (nSPS) is 20.4. The van der Waals surface area contributed by atoms with Crippen LogP contribution in [-0.4, -0.2) is 32.4 Å². The minimum absolute atomic E-state index is 0.226. The highest BCUT2D eigenvalue weighted by molar-refractivity contribution is 7.89. The van der Waals surface area contributed by atoms with Gasteiger partial charge in [-0.05, 0) is 43.5 Å². The van der Waals surface area contributed by atoms with E-state index in [-0.39, 0.29) is 10.8 Å². The van der Waals surface area contributed by atoms with E-state index in [9.17, 15) is 8.42 Å². The molecular formula is C13H17N3O2S. The van der Waals surface area contributed by atoms with Crippen molar-refractivity contribution < 1.29 is 8.42 Å². The van der Waals surface area contributed by atoms with Crippen molar-refractivity contribution in [2.45, 2.75) is 18.2 Å². The molecule has 0 spiro atoms. The highest BCUT2D eigenvalue weighted by atomic mass is 32.2. The van der Waals surface area contributed by atoms with Gasteiger partial charge < -0.3 is 5.73 Å². The van der Waals surface area contributed by atoms with Crippen molar-refractivity contribution in [1.29, 1.82) is 5.26 Å². The lowest BCUT2D eigenvalue weighted by molar-refractivity contribution is 0.458. The molecular weight excluding hydrogens is 262 g/mol. The minimum Gasteiger partial charge on any atom is -0.330 e. The topological polar surface area (TPSA) is 87.2 Å². The first-order valence-corrected chi connectivity index (χ1v) is 7.64. The highest BCUT2D eigenvalue weighted by Gasteiger charge is 2.32. The molecule has 1 aliphatic heterocycles. The number of sulfonamides is 1. The van der Waals surface area contributed by atoms with Crippen molar-refractivity contribution in [1.82, 2.24) is 4.31 Å². The Bertz CT molecular complexity index is 619. The first kappa shape index (κ1) is 14.0. The largest absolute Gasteiger partial charge is 0.330 e. The summed E-state index contributed by atoms with van der Waals surface area (Å²) in [5.41, 5.74) is 6.61. The van der Waals surface area contributed by atoms with Crippen LogP contribution < -0.4 is 5.73 Å². The molecule has 19 heavy (non-hydrogen) atoms. The van der Waals surface area contributed by atoms with Crippen LogP contribution in [0.15, 0.2) is 23.1 Å². The number of hydrogen-bond donors (Lipinski definition) is 1. The van der Waals surface area contributed by atoms with E-state index in [0.717, 1.165) is 6.42 Å². The molecule has 1 aliphatic rings. The lowest BCUT2D eigenvalue weighted by Gasteiger charge is -2.18. The van der Waals surface area contributed by atoms with Crippen molar-refractivity contribution in [3.63, 3.8) is 0 Å². The second kappa shape index (κ2) is 5.29. The lowest BCUT2D eigenvalue weighted by atomic mass is 10.1. The van der Waals surface area contributed by atoms with Crippen molar-refractivity contribution in [3.05, 3.63) is 29.3 Å². The third-order valence-corrected chi connectivity index (χ3v) is 5.52. The van der Waals surface area contributed by atoms with Gasteiger partial charge in [0.05, 0.1) is 16.5 Å². The Morgan fingerprint density at radius 2 is 2.26 bits per heavy atom. The number of benzene rings is 1. The van der Waals surface area contributed by atoms with Crippen LogP contribution >= 0.6 is 0 Å². The number of nitrogens with two attached hydrogens (primary N) is 1. The predicted octanol–water partition coefficient (Wildman–Crippen LogP) is 0.836. The minimum atomic E-state index is -3.52. The van der Waals surface area contributed by atoms with E-state index in [1.807, 2.05) is 6.07 Å². The van der Waals surface area contributed by atoms with Crippen LogP contribution in [0, 0.1) is 24.2 Å². The van der Waals surface area contributed by atoms with E-state index in [4.69, 9.17) is 11.0 Å². The Labute approximate surface area is 113 Å². The number of hydrogen-bond acceptors (Lipinski definition) is 4. The highest BCUT2D eigenvalue weighted by Crippen LogP contribution is 2.26. The van der Waals surface area contributed by atoms with E-state index in [0.29, 0.717) is 30.8 Å². The smallest absolute Gasteiger partial charge is 0.243 e. The number of rotatable bonds is 3. The van der Waals surface area contributed by atoms with E-state index in [2.05, 4.69) is 0 Å². The first-order valence-electron chi connectivity index (χ1n) is 6.20. The summed E-state index contributed by atoms with van der Waals surface area (Å²) in [5.74, 6) is 0.231. The number of nitrogens with zero attached hydrogens (tertiary/aromatic N) is 2. The number of aryl methyl sites for hydroxylation is 1. The van der Waals surface area contributed by atoms with E-state index in [1.165, 1.54) is 10.4 Å². The zero-order chi connectivity index (χ0) is 14.0. The molecule has 6 heteroatoms. The van der Waals surface area contributed by atoms with Crippen molar-refractivity contribution >= 4 is 10.0 Å². The van der Waals surface area contributed by atoms with Gasteiger partial charge in [0.15, 0.2) is 0 Å². The van der Waals surface area contributed by atoms with Gasteiger partial charge in [-0.15, -0.1) is 0 Å². The monoisotopic (exact) mass is 279 g/mol. The van der Waals surface area contributed by atoms with Crippen LogP contribution in [0.1, 0.15) is 17.5 Å². The van der Waals surface area contributed by atoms with E-state index < -0.39 is 10.0 Å². The Balaban J connectivity index is 2.38. The van der Waals surface area contributed by atoms with Gasteiger partial charge in [-0.25, -0.2) is 8.42 Å². The molecule has 1 aromatic carbocycles. The molecule has 1 atom stereocenters. The van der Waals surface area contributed by atoms with Crippen LogP contribution in [0.2, 0.25) is 0 Å². The van der Waals surface area contributed by atoms with Crippen LogP contribution in [0.25, 0.3) is 0 Å². The molecule has 0 amide bonds. The SMILES string of the molecule is Cc1ccc(C#N)cc1S(=O)(=O)N1CC[C@@H](CN)C1. The van der Waals surface area contributed by atoms with E-state index >= 15 is 0 Å². The molecule has 0 bridgehead atoms. The fourth-order valence-corrected chi connectivity index (χ4v) is 4.08. The summed E-state index contributed by atoms with van der Waals surface area (Å²) in [6, 6.07) is 6.71. The molecule has 1 fully saturated rings. The van der Waals surface area contributed by atoms with Crippen LogP contribution in [0.4, 0.5) is 0 Å². The molecule has 0 radical (unpaired) electrons. The summed E-state index contributed by atoms with van der Waals surface area (Å²) in [5, 5.41) is 8.89. The lowest BCUT2D eigenvalue weighted by Crippen LogP contribution is -2.30. The van der Waals surface area contributed by atoms with Gasteiger partial charge in [-0.2, -0.15) is 9.57 Å². The molecule has 0 aliphatic carbocycles. The molecule has 1 saturated heterocycles. The van der Waals surface area contributed by atoms with Crippen molar-refractivity contribution in [2.24, 2.45) is 11.7 Å². The molecule has 0 saturated carbocycles. The molecule has 0 aromatic heterocycles. The van der Waals surface area contributed by atoms with Crippen LogP contribution in [0.5, 0.6) is 0 Å². The van der Waals surface area contributed by atoms with Crippen molar-refractivity contribution in [3.8, 4) is 6.07 Å². The van der Waals surface area contributed by atoms with Gasteiger partial charge >= 0.3 is 0 Å². The summed E-state index contributed by atoms with van der Waals surface area (Å²) in [7, 11) is -3.52. The third kappa shape index (κ3) is 2.63. The molecule has 1 aromatic rings. The van der Waals surface area contributed by atoms with Gasteiger partial charge in [0.2, 0.25) is 10.0 Å². The summed E-state index contributed by atoms with van der Waals surface area (Å²) in [6.07, 6.45) is 0.798. The summed E-state index contributed by atoms with van der Waals surface area (Å²) in [6.45, 7) is 3.21. The quantitative estimate of drug-likeness (QED) is 0.888. The predicted molar refractivity (Wildman–Crippen MR) is 71.8 cm³/mol. The van der Waals surface area contributed by atoms with Gasteiger partial charge in [-0.1, -0.05) is 6.07 Å². The maximum atomic E-state index is 12.6. The average molecular weight is 279 g/mol.